The smallest absolute Gasteiger partial charge is 0.475 e. The van der Waals surface area contributed by atoms with Crippen molar-refractivity contribution in [2.75, 3.05) is 34.5 Å². The Bertz CT molecular complexity index is 778. The molecule has 0 radical (unpaired) electrons. The molecule has 0 saturated carbocycles. The van der Waals surface area contributed by atoms with Crippen LogP contribution in [0.4, 0.5) is 0 Å². The summed E-state index contributed by atoms with van der Waals surface area (Å²) < 4.78 is 37.3. The summed E-state index contributed by atoms with van der Waals surface area (Å²) in [7, 11) is 0.0636. The molecule has 28 heavy (non-hydrogen) atoms. The topological polar surface area (TPSA) is 97.4 Å². The van der Waals surface area contributed by atoms with E-state index in [0.29, 0.717) is 22.6 Å². The van der Waals surface area contributed by atoms with Gasteiger partial charge in [-0.3, -0.25) is 23.2 Å². The molecule has 0 heterocycles. The van der Waals surface area contributed by atoms with E-state index in [1.807, 2.05) is 0 Å². The molecule has 2 aromatic carbocycles. The molecule has 0 spiro atoms. The highest BCUT2D eigenvalue weighted by molar-refractivity contribution is 7.48. The van der Waals surface area contributed by atoms with Crippen molar-refractivity contribution >= 4 is 19.4 Å². The van der Waals surface area contributed by atoms with Gasteiger partial charge in [0.15, 0.2) is 11.6 Å². The SMILES string of the molecule is COc1ccc(C(=O)COP(=O)(OC)OCC(=O)c2ccc(OC)cc2)cc1. The second-order valence-electron chi connectivity index (χ2n) is 5.48. The number of rotatable bonds is 11. The van der Waals surface area contributed by atoms with Crippen LogP contribution in [-0.2, 0) is 18.1 Å². The molecule has 0 atom stereocenters. The summed E-state index contributed by atoms with van der Waals surface area (Å²) in [6.45, 7) is -1.07. The highest BCUT2D eigenvalue weighted by Gasteiger charge is 2.28. The van der Waals surface area contributed by atoms with Crippen LogP contribution < -0.4 is 9.47 Å². The maximum atomic E-state index is 12.4. The summed E-state index contributed by atoms with van der Waals surface area (Å²) in [5, 5.41) is 0. The van der Waals surface area contributed by atoms with E-state index >= 15 is 0 Å². The fraction of sp³-hybridized carbons (Fsp3) is 0.263. The van der Waals surface area contributed by atoms with Gasteiger partial charge in [-0.05, 0) is 48.5 Å². The molecular weight excluding hydrogens is 387 g/mol. The first-order valence-corrected chi connectivity index (χ1v) is 9.66. The van der Waals surface area contributed by atoms with Crippen LogP contribution in [0.15, 0.2) is 48.5 Å². The van der Waals surface area contributed by atoms with Crippen molar-refractivity contribution in [2.24, 2.45) is 0 Å². The highest BCUT2D eigenvalue weighted by atomic mass is 31.2. The van der Waals surface area contributed by atoms with Crippen LogP contribution in [0.3, 0.4) is 0 Å². The van der Waals surface area contributed by atoms with E-state index in [0.717, 1.165) is 7.11 Å². The van der Waals surface area contributed by atoms with E-state index in [1.54, 1.807) is 48.5 Å². The number of hydrogen-bond donors (Lipinski definition) is 0. The quantitative estimate of drug-likeness (QED) is 0.411. The van der Waals surface area contributed by atoms with Crippen molar-refractivity contribution in [1.29, 1.82) is 0 Å². The lowest BCUT2D eigenvalue weighted by molar-refractivity contribution is 0.0773. The molecule has 0 aliphatic heterocycles. The second-order valence-corrected chi connectivity index (χ2v) is 7.26. The Labute approximate surface area is 162 Å². The molecule has 0 bridgehead atoms. The van der Waals surface area contributed by atoms with Crippen LogP contribution in [-0.4, -0.2) is 46.1 Å². The zero-order valence-corrected chi connectivity index (χ0v) is 16.6. The van der Waals surface area contributed by atoms with Gasteiger partial charge in [-0.15, -0.1) is 0 Å². The van der Waals surface area contributed by atoms with Crippen molar-refractivity contribution < 1.29 is 37.2 Å². The van der Waals surface area contributed by atoms with Crippen molar-refractivity contribution in [3.63, 3.8) is 0 Å². The average molecular weight is 408 g/mol. The maximum Gasteiger partial charge on any atom is 0.475 e. The van der Waals surface area contributed by atoms with Gasteiger partial charge in [-0.1, -0.05) is 0 Å². The predicted molar refractivity (Wildman–Crippen MR) is 101 cm³/mol. The van der Waals surface area contributed by atoms with Crippen LogP contribution in [0.2, 0.25) is 0 Å². The molecule has 9 heteroatoms. The van der Waals surface area contributed by atoms with Crippen LogP contribution in [0.5, 0.6) is 11.5 Å². The van der Waals surface area contributed by atoms with Crippen LogP contribution >= 0.6 is 7.82 Å². The lowest BCUT2D eigenvalue weighted by Crippen LogP contribution is -2.13. The number of phosphoric ester groups is 1. The first-order chi connectivity index (χ1) is 13.4. The number of methoxy groups -OCH3 is 2. The maximum absolute atomic E-state index is 12.4. The van der Waals surface area contributed by atoms with Crippen molar-refractivity contribution in [3.8, 4) is 11.5 Å². The number of benzene rings is 2. The molecule has 150 valence electrons. The molecule has 8 nitrogen and oxygen atoms in total. The molecule has 0 aliphatic carbocycles. The van der Waals surface area contributed by atoms with Crippen molar-refractivity contribution in [3.05, 3.63) is 59.7 Å². The first-order valence-electron chi connectivity index (χ1n) is 8.20. The third kappa shape index (κ3) is 6.00. The zero-order chi connectivity index (χ0) is 20.6. The molecule has 2 rings (SSSR count). The lowest BCUT2D eigenvalue weighted by Gasteiger charge is -2.15. The number of carbonyl (C=O) groups excluding carboxylic acids is 2. The summed E-state index contributed by atoms with van der Waals surface area (Å²) in [5.41, 5.74) is 0.690. The van der Waals surface area contributed by atoms with E-state index in [1.165, 1.54) is 14.2 Å². The fourth-order valence-corrected chi connectivity index (χ4v) is 2.97. The highest BCUT2D eigenvalue weighted by Crippen LogP contribution is 2.48. The Morgan fingerprint density at radius 1 is 0.714 bits per heavy atom. The van der Waals surface area contributed by atoms with E-state index in [-0.39, 0.29) is 0 Å². The summed E-state index contributed by atoms with van der Waals surface area (Å²) in [5.74, 6) is 0.343. The molecule has 0 aromatic heterocycles. The lowest BCUT2D eigenvalue weighted by atomic mass is 10.1. The molecule has 0 saturated heterocycles. The minimum absolute atomic E-state index is 0.345. The van der Waals surface area contributed by atoms with Gasteiger partial charge in [0.2, 0.25) is 0 Å². The van der Waals surface area contributed by atoms with Gasteiger partial charge in [0.1, 0.15) is 24.7 Å². The number of Topliss-reactive ketones (excluding diaryl/α,β-unsaturated/α-hetero) is 2. The summed E-state index contributed by atoms with van der Waals surface area (Å²) in [4.78, 5) is 24.3. The largest absolute Gasteiger partial charge is 0.497 e. The number of hydrogen-bond acceptors (Lipinski definition) is 8. The monoisotopic (exact) mass is 408 g/mol. The van der Waals surface area contributed by atoms with Gasteiger partial charge in [-0.25, -0.2) is 4.57 Å². The minimum Gasteiger partial charge on any atom is -0.497 e. The Morgan fingerprint density at radius 3 is 1.36 bits per heavy atom. The van der Waals surface area contributed by atoms with E-state index < -0.39 is 32.6 Å². The van der Waals surface area contributed by atoms with Gasteiger partial charge in [-0.2, -0.15) is 0 Å². The normalized spacial score (nSPS) is 11.1. The predicted octanol–water partition coefficient (Wildman–Crippen LogP) is 3.56. The standard InChI is InChI=1S/C19H21O8P/c1-23-16-8-4-14(5-9-16)18(20)12-26-28(22,25-3)27-13-19(21)15-6-10-17(24-2)11-7-15/h4-11H,12-13H2,1-3H3. The second kappa shape index (κ2) is 10.1. The molecule has 0 fully saturated rings. The third-order valence-electron chi connectivity index (χ3n) is 3.76. The number of ketones is 2. The van der Waals surface area contributed by atoms with E-state index in [4.69, 9.17) is 23.0 Å². The minimum atomic E-state index is -4.07. The molecule has 0 unspecified atom stereocenters. The van der Waals surface area contributed by atoms with Crippen LogP contribution in [0, 0.1) is 0 Å². The van der Waals surface area contributed by atoms with Gasteiger partial charge >= 0.3 is 7.82 Å². The van der Waals surface area contributed by atoms with Crippen LogP contribution in [0.25, 0.3) is 0 Å². The molecular formula is C19H21O8P. The Morgan fingerprint density at radius 2 is 1.07 bits per heavy atom. The van der Waals surface area contributed by atoms with E-state index in [2.05, 4.69) is 0 Å². The molecule has 0 aliphatic rings. The van der Waals surface area contributed by atoms with Gasteiger partial charge in [0, 0.05) is 18.2 Å². The molecule has 0 N–H and O–H groups in total. The summed E-state index contributed by atoms with van der Waals surface area (Å²) >= 11 is 0. The van der Waals surface area contributed by atoms with Gasteiger partial charge in [0.05, 0.1) is 14.2 Å². The Balaban J connectivity index is 1.91. The Kier molecular flexibility index (Phi) is 7.90. The Hall–Kier alpha value is -2.51. The average Bonchev–Trinajstić information content (AvgIpc) is 2.76. The first kappa shape index (κ1) is 21.8. The van der Waals surface area contributed by atoms with Crippen LogP contribution in [0.1, 0.15) is 20.7 Å². The number of ether oxygens (including phenoxy) is 2. The summed E-state index contributed by atoms with van der Waals surface area (Å²) in [6.07, 6.45) is 0. The fourth-order valence-electron chi connectivity index (χ4n) is 2.14. The number of phosphoric acid groups is 1. The van der Waals surface area contributed by atoms with E-state index in [9.17, 15) is 14.2 Å². The zero-order valence-electron chi connectivity index (χ0n) is 15.7. The number of carbonyl (C=O) groups is 2. The van der Waals surface area contributed by atoms with Gasteiger partial charge < -0.3 is 9.47 Å². The van der Waals surface area contributed by atoms with Crippen molar-refractivity contribution in [2.45, 2.75) is 0 Å². The van der Waals surface area contributed by atoms with Crippen molar-refractivity contribution in [1.82, 2.24) is 0 Å². The van der Waals surface area contributed by atoms with Gasteiger partial charge in [0.25, 0.3) is 0 Å². The molecule has 2 aromatic rings. The third-order valence-corrected chi connectivity index (χ3v) is 5.09. The summed E-state index contributed by atoms with van der Waals surface area (Å²) in [6, 6.07) is 12.7. The molecule has 0 amide bonds.